The van der Waals surface area contributed by atoms with Crippen LogP contribution in [-0.4, -0.2) is 30.9 Å². The van der Waals surface area contributed by atoms with Gasteiger partial charge in [-0.2, -0.15) is 0 Å². The van der Waals surface area contributed by atoms with E-state index in [1.165, 1.54) is 11.8 Å². The molecule has 2 atom stereocenters. The maximum atomic E-state index is 12.6. The van der Waals surface area contributed by atoms with Crippen LogP contribution in [0.4, 0.5) is 0 Å². The maximum Gasteiger partial charge on any atom is 0.224 e. The Hall–Kier alpha value is -2.38. The summed E-state index contributed by atoms with van der Waals surface area (Å²) in [5.74, 6) is -0.815. The second kappa shape index (κ2) is 9.01. The van der Waals surface area contributed by atoms with Gasteiger partial charge in [-0.1, -0.05) is 54.2 Å². The molecule has 7 heteroatoms. The van der Waals surface area contributed by atoms with Crippen molar-refractivity contribution in [3.8, 4) is 0 Å². The minimum absolute atomic E-state index is 0.119. The fourth-order valence-electron chi connectivity index (χ4n) is 2.86. The Morgan fingerprint density at radius 1 is 1.04 bits per heavy atom. The number of aromatic nitrogens is 1. The zero-order valence-corrected chi connectivity index (χ0v) is 16.8. The third kappa shape index (κ3) is 4.67. The normalized spacial score (nSPS) is 13.1. The maximum absolute atomic E-state index is 12.6. The lowest BCUT2D eigenvalue weighted by Crippen LogP contribution is -2.35. The van der Waals surface area contributed by atoms with Crippen LogP contribution in [0.5, 0.6) is 0 Å². The number of thioether (sulfide) groups is 1. The van der Waals surface area contributed by atoms with Crippen LogP contribution in [0, 0.1) is 5.92 Å². The first-order valence-electron chi connectivity index (χ1n) is 8.61. The second-order valence-electron chi connectivity index (χ2n) is 5.99. The number of carbonyl (C=O) groups excluding carboxylic acids is 2. The van der Waals surface area contributed by atoms with Gasteiger partial charge in [-0.25, -0.2) is 4.98 Å². The number of rotatable bonds is 7. The lowest BCUT2D eigenvalue weighted by Gasteiger charge is -2.24. The van der Waals surface area contributed by atoms with Gasteiger partial charge in [0.05, 0.1) is 16.1 Å². The summed E-state index contributed by atoms with van der Waals surface area (Å²) >= 11 is 3.14. The molecule has 0 spiro atoms. The summed E-state index contributed by atoms with van der Waals surface area (Å²) in [5.41, 5.74) is 1.94. The molecule has 2 amide bonds. The minimum atomic E-state index is -0.505. The SMILES string of the molecule is CNC(=O)CC(C(=O)NC)C(Sc1nc2ccccc2s1)c1ccccc1. The highest BCUT2D eigenvalue weighted by Crippen LogP contribution is 2.44. The molecule has 3 aromatic rings. The number of benzene rings is 2. The fourth-order valence-corrected chi connectivity index (χ4v) is 5.38. The molecule has 1 heterocycles. The summed E-state index contributed by atoms with van der Waals surface area (Å²) in [6.07, 6.45) is 0.119. The summed E-state index contributed by atoms with van der Waals surface area (Å²) in [6.45, 7) is 0. The zero-order chi connectivity index (χ0) is 19.2. The van der Waals surface area contributed by atoms with Crippen LogP contribution in [-0.2, 0) is 9.59 Å². The molecule has 3 rings (SSSR count). The topological polar surface area (TPSA) is 71.1 Å². The van der Waals surface area contributed by atoms with Crippen molar-refractivity contribution >= 4 is 45.1 Å². The standard InChI is InChI=1S/C20H21N3O2S2/c1-21-17(24)12-14(19(25)22-2)18(13-8-4-3-5-9-13)27-20-23-15-10-6-7-11-16(15)26-20/h3-11,14,18H,12H2,1-2H3,(H,21,24)(H,22,25). The minimum Gasteiger partial charge on any atom is -0.359 e. The van der Waals surface area contributed by atoms with Crippen LogP contribution < -0.4 is 10.6 Å². The van der Waals surface area contributed by atoms with Crippen molar-refractivity contribution in [3.63, 3.8) is 0 Å². The number of para-hydroxylation sites is 1. The molecule has 2 aromatic carbocycles. The van der Waals surface area contributed by atoms with Gasteiger partial charge in [0.25, 0.3) is 0 Å². The number of nitrogens with zero attached hydrogens (tertiary/aromatic N) is 1. The number of carbonyl (C=O) groups is 2. The van der Waals surface area contributed by atoms with E-state index in [1.54, 1.807) is 25.4 Å². The van der Waals surface area contributed by atoms with Gasteiger partial charge < -0.3 is 10.6 Å². The summed E-state index contributed by atoms with van der Waals surface area (Å²) in [7, 11) is 3.19. The molecule has 1 aromatic heterocycles. The van der Waals surface area contributed by atoms with Gasteiger partial charge in [-0.3, -0.25) is 9.59 Å². The zero-order valence-electron chi connectivity index (χ0n) is 15.1. The van der Waals surface area contributed by atoms with Gasteiger partial charge in [0.15, 0.2) is 4.34 Å². The van der Waals surface area contributed by atoms with Gasteiger partial charge in [-0.05, 0) is 17.7 Å². The Morgan fingerprint density at radius 2 is 1.74 bits per heavy atom. The third-order valence-electron chi connectivity index (χ3n) is 4.26. The van der Waals surface area contributed by atoms with Crippen LogP contribution in [0.1, 0.15) is 17.2 Å². The summed E-state index contributed by atoms with van der Waals surface area (Å²) < 4.78 is 1.99. The van der Waals surface area contributed by atoms with Crippen molar-refractivity contribution in [1.29, 1.82) is 0 Å². The van der Waals surface area contributed by atoms with E-state index in [1.807, 2.05) is 54.6 Å². The Morgan fingerprint density at radius 3 is 2.41 bits per heavy atom. The Labute approximate surface area is 166 Å². The first-order chi connectivity index (χ1) is 13.1. The van der Waals surface area contributed by atoms with Gasteiger partial charge in [0.1, 0.15) is 0 Å². The number of fused-ring (bicyclic) bond motifs is 1. The van der Waals surface area contributed by atoms with E-state index in [4.69, 9.17) is 4.98 Å². The van der Waals surface area contributed by atoms with Crippen molar-refractivity contribution in [2.45, 2.75) is 16.0 Å². The van der Waals surface area contributed by atoms with Gasteiger partial charge in [0.2, 0.25) is 11.8 Å². The number of hydrogen-bond acceptors (Lipinski definition) is 5. The number of amides is 2. The Balaban J connectivity index is 1.98. The smallest absolute Gasteiger partial charge is 0.224 e. The molecule has 0 aliphatic heterocycles. The van der Waals surface area contributed by atoms with Crippen LogP contribution >= 0.6 is 23.1 Å². The highest BCUT2D eigenvalue weighted by Gasteiger charge is 2.32. The number of nitrogens with one attached hydrogen (secondary N) is 2. The predicted octanol–water partition coefficient (Wildman–Crippen LogP) is 3.63. The van der Waals surface area contributed by atoms with Gasteiger partial charge >= 0.3 is 0 Å². The second-order valence-corrected chi connectivity index (χ2v) is 8.41. The molecular formula is C20H21N3O2S2. The highest BCUT2D eigenvalue weighted by atomic mass is 32.2. The molecule has 2 unspecified atom stereocenters. The lowest BCUT2D eigenvalue weighted by molar-refractivity contribution is -0.129. The first-order valence-corrected chi connectivity index (χ1v) is 10.3. The van der Waals surface area contributed by atoms with Gasteiger partial charge in [0, 0.05) is 25.8 Å². The van der Waals surface area contributed by atoms with E-state index in [0.717, 1.165) is 20.1 Å². The number of thiazole rings is 1. The molecule has 5 nitrogen and oxygen atoms in total. The van der Waals surface area contributed by atoms with E-state index in [9.17, 15) is 9.59 Å². The van der Waals surface area contributed by atoms with Crippen molar-refractivity contribution in [1.82, 2.24) is 15.6 Å². The predicted molar refractivity (Wildman–Crippen MR) is 111 cm³/mol. The summed E-state index contributed by atoms with van der Waals surface area (Å²) in [6, 6.07) is 17.8. The first kappa shape index (κ1) is 19.4. The average molecular weight is 400 g/mol. The van der Waals surface area contributed by atoms with Gasteiger partial charge in [-0.15, -0.1) is 11.3 Å². The average Bonchev–Trinajstić information content (AvgIpc) is 3.13. The van der Waals surface area contributed by atoms with E-state index in [2.05, 4.69) is 10.6 Å². The summed E-state index contributed by atoms with van der Waals surface area (Å²) in [4.78, 5) is 29.4. The molecule has 0 aliphatic carbocycles. The Kier molecular flexibility index (Phi) is 6.47. The van der Waals surface area contributed by atoms with E-state index < -0.39 is 5.92 Å². The van der Waals surface area contributed by atoms with Crippen molar-refractivity contribution in [2.24, 2.45) is 5.92 Å². The van der Waals surface area contributed by atoms with Crippen molar-refractivity contribution in [2.75, 3.05) is 14.1 Å². The molecule has 0 aliphatic rings. The summed E-state index contributed by atoms with van der Waals surface area (Å²) in [5, 5.41) is 5.11. The molecule has 0 saturated carbocycles. The van der Waals surface area contributed by atoms with E-state index in [0.29, 0.717) is 0 Å². The Bertz CT molecular complexity index is 894. The molecular weight excluding hydrogens is 378 g/mol. The molecule has 27 heavy (non-hydrogen) atoms. The highest BCUT2D eigenvalue weighted by molar-refractivity contribution is 8.01. The molecule has 0 radical (unpaired) electrons. The quantitative estimate of drug-likeness (QED) is 0.595. The van der Waals surface area contributed by atoms with Crippen LogP contribution in [0.2, 0.25) is 0 Å². The van der Waals surface area contributed by atoms with E-state index >= 15 is 0 Å². The number of hydrogen-bond donors (Lipinski definition) is 2. The largest absolute Gasteiger partial charge is 0.359 e. The molecule has 0 saturated heterocycles. The monoisotopic (exact) mass is 399 g/mol. The lowest BCUT2D eigenvalue weighted by atomic mass is 9.94. The molecule has 140 valence electrons. The van der Waals surface area contributed by atoms with Crippen LogP contribution in [0.25, 0.3) is 10.2 Å². The van der Waals surface area contributed by atoms with E-state index in [-0.39, 0.29) is 23.5 Å². The molecule has 0 fully saturated rings. The fraction of sp³-hybridized carbons (Fsp3) is 0.250. The van der Waals surface area contributed by atoms with Crippen LogP contribution in [0.15, 0.2) is 58.9 Å². The molecule has 2 N–H and O–H groups in total. The third-order valence-corrected chi connectivity index (χ3v) is 6.78. The molecule has 0 bridgehead atoms. The van der Waals surface area contributed by atoms with Crippen molar-refractivity contribution < 1.29 is 9.59 Å². The van der Waals surface area contributed by atoms with Crippen LogP contribution in [0.3, 0.4) is 0 Å². The van der Waals surface area contributed by atoms with Crippen molar-refractivity contribution in [3.05, 3.63) is 60.2 Å².